The largest absolute Gasteiger partial charge is 0.483 e. The molecule has 4 saturated carbocycles. The lowest BCUT2D eigenvalue weighted by Gasteiger charge is -2.64. The highest BCUT2D eigenvalue weighted by atomic mass is 16.3. The summed E-state index contributed by atoms with van der Waals surface area (Å²) < 4.78 is 0. The van der Waals surface area contributed by atoms with Gasteiger partial charge in [0.25, 0.3) is 6.47 Å². The summed E-state index contributed by atoms with van der Waals surface area (Å²) >= 11 is 0. The highest BCUT2D eigenvalue weighted by Crippen LogP contribution is 2.65. The number of nitrogens with two attached hydrogens (primary N) is 1. The Hall–Kier alpha value is -0.570. The van der Waals surface area contributed by atoms with E-state index in [1.807, 2.05) is 0 Å². The summed E-state index contributed by atoms with van der Waals surface area (Å²) in [5.41, 5.74) is 7.92. The molecule has 0 aliphatic heterocycles. The van der Waals surface area contributed by atoms with Gasteiger partial charge in [-0.2, -0.15) is 0 Å². The van der Waals surface area contributed by atoms with Crippen molar-refractivity contribution >= 4 is 6.47 Å². The normalized spacial score (nSPS) is 53.1. The molecule has 0 spiro atoms. The minimum atomic E-state index is -0.250. The summed E-state index contributed by atoms with van der Waals surface area (Å²) in [7, 11) is 0. The van der Waals surface area contributed by atoms with Crippen LogP contribution in [-0.4, -0.2) is 17.1 Å². The highest BCUT2D eigenvalue weighted by molar-refractivity contribution is 5.32. The van der Waals surface area contributed by atoms with Gasteiger partial charge in [-0.25, -0.2) is 0 Å². The van der Waals surface area contributed by atoms with Crippen molar-refractivity contribution in [1.29, 1.82) is 0 Å². The Kier molecular flexibility index (Phi) is 2.57. The van der Waals surface area contributed by atoms with E-state index in [9.17, 15) is 0 Å². The van der Waals surface area contributed by atoms with E-state index in [0.717, 1.165) is 5.92 Å². The molecule has 4 bridgehead atoms. The van der Waals surface area contributed by atoms with Crippen molar-refractivity contribution in [3.63, 3.8) is 0 Å². The molecule has 2 unspecified atom stereocenters. The average Bonchev–Trinajstić information content (AvgIpc) is 1.93. The van der Waals surface area contributed by atoms with Gasteiger partial charge in [0.15, 0.2) is 0 Å². The summed E-state index contributed by atoms with van der Waals surface area (Å²) in [6.07, 6.45) is 8.27. The van der Waals surface area contributed by atoms with Crippen LogP contribution in [0.15, 0.2) is 0 Å². The quantitative estimate of drug-likeness (QED) is 0.622. The van der Waals surface area contributed by atoms with Gasteiger partial charge in [-0.1, -0.05) is 13.8 Å². The molecular weight excluding hydrogens is 202 g/mol. The fraction of sp³-hybridized carbons (Fsp3) is 0.923. The van der Waals surface area contributed by atoms with Gasteiger partial charge >= 0.3 is 0 Å². The number of carbonyl (C=O) groups is 1. The Morgan fingerprint density at radius 3 is 1.88 bits per heavy atom. The smallest absolute Gasteiger partial charge is 0.290 e. The second-order valence-electron chi connectivity index (χ2n) is 7.10. The number of rotatable bonds is 0. The standard InChI is InChI=1S/C12H21N.CH2O2/c1-10-3-9-4-11(2,6-10)8-12(13,5-9)7-10;2-1-3/h9H,3-8,13H2,1-2H3;1H,(H,2,3). The fourth-order valence-corrected chi connectivity index (χ4v) is 5.54. The Morgan fingerprint density at radius 1 is 1.12 bits per heavy atom. The molecule has 92 valence electrons. The highest BCUT2D eigenvalue weighted by Gasteiger charge is 2.58. The molecule has 3 nitrogen and oxygen atoms in total. The second kappa shape index (κ2) is 3.46. The van der Waals surface area contributed by atoms with E-state index < -0.39 is 0 Å². The molecule has 0 radical (unpaired) electrons. The first-order valence-corrected chi connectivity index (χ1v) is 6.19. The van der Waals surface area contributed by atoms with Crippen molar-refractivity contribution in [1.82, 2.24) is 0 Å². The SMILES string of the molecule is CC12CC3CC(C)(C1)CC(N)(C3)C2.O=CO. The first-order valence-electron chi connectivity index (χ1n) is 6.19. The average molecular weight is 225 g/mol. The lowest BCUT2D eigenvalue weighted by Crippen LogP contribution is -2.62. The lowest BCUT2D eigenvalue weighted by atomic mass is 9.43. The molecule has 2 atom stereocenters. The van der Waals surface area contributed by atoms with Crippen LogP contribution in [0.2, 0.25) is 0 Å². The molecule has 4 rings (SSSR count). The van der Waals surface area contributed by atoms with Gasteiger partial charge in [0.05, 0.1) is 0 Å². The Morgan fingerprint density at radius 2 is 1.56 bits per heavy atom. The molecule has 4 aliphatic carbocycles. The van der Waals surface area contributed by atoms with E-state index in [1.54, 1.807) is 0 Å². The summed E-state index contributed by atoms with van der Waals surface area (Å²) in [5, 5.41) is 6.89. The van der Waals surface area contributed by atoms with E-state index in [1.165, 1.54) is 38.5 Å². The van der Waals surface area contributed by atoms with E-state index in [-0.39, 0.29) is 12.0 Å². The zero-order valence-electron chi connectivity index (χ0n) is 10.3. The van der Waals surface area contributed by atoms with Crippen LogP contribution in [-0.2, 0) is 4.79 Å². The van der Waals surface area contributed by atoms with Gasteiger partial charge in [-0.15, -0.1) is 0 Å². The van der Waals surface area contributed by atoms with Gasteiger partial charge in [0, 0.05) is 5.54 Å². The van der Waals surface area contributed by atoms with Crippen LogP contribution in [0.4, 0.5) is 0 Å². The van der Waals surface area contributed by atoms with E-state index in [0.29, 0.717) is 10.8 Å². The molecule has 0 amide bonds. The van der Waals surface area contributed by atoms with Crippen molar-refractivity contribution < 1.29 is 9.90 Å². The van der Waals surface area contributed by atoms with E-state index in [2.05, 4.69) is 13.8 Å². The van der Waals surface area contributed by atoms with Gasteiger partial charge < -0.3 is 10.8 Å². The molecule has 0 aromatic rings. The predicted molar refractivity (Wildman–Crippen MR) is 63.0 cm³/mol. The van der Waals surface area contributed by atoms with Crippen LogP contribution < -0.4 is 5.73 Å². The third-order valence-electron chi connectivity index (χ3n) is 4.67. The van der Waals surface area contributed by atoms with Crippen LogP contribution in [0.5, 0.6) is 0 Å². The fourth-order valence-electron chi connectivity index (χ4n) is 5.54. The maximum atomic E-state index is 8.36. The third kappa shape index (κ3) is 1.97. The van der Waals surface area contributed by atoms with Crippen LogP contribution >= 0.6 is 0 Å². The number of hydrogen-bond donors (Lipinski definition) is 2. The minimum Gasteiger partial charge on any atom is -0.483 e. The Labute approximate surface area is 97.4 Å². The molecule has 4 aliphatic rings. The zero-order chi connectivity index (χ0) is 12.0. The maximum Gasteiger partial charge on any atom is 0.290 e. The first kappa shape index (κ1) is 11.9. The topological polar surface area (TPSA) is 63.3 Å². The lowest BCUT2D eigenvalue weighted by molar-refractivity contribution is -0.122. The zero-order valence-corrected chi connectivity index (χ0v) is 10.3. The predicted octanol–water partition coefficient (Wildman–Crippen LogP) is 2.39. The van der Waals surface area contributed by atoms with Crippen LogP contribution in [0.1, 0.15) is 52.4 Å². The van der Waals surface area contributed by atoms with Gasteiger partial charge in [-0.05, 0) is 55.3 Å². The van der Waals surface area contributed by atoms with Crippen LogP contribution in [0.25, 0.3) is 0 Å². The number of hydrogen-bond acceptors (Lipinski definition) is 2. The van der Waals surface area contributed by atoms with Crippen molar-refractivity contribution in [2.24, 2.45) is 22.5 Å². The molecule has 0 saturated heterocycles. The van der Waals surface area contributed by atoms with Crippen molar-refractivity contribution in [2.45, 2.75) is 57.9 Å². The summed E-state index contributed by atoms with van der Waals surface area (Å²) in [4.78, 5) is 8.36. The molecule has 0 aromatic heterocycles. The number of carboxylic acid groups (broad SMARTS) is 1. The molecular formula is C13H23NO2. The molecule has 0 heterocycles. The van der Waals surface area contributed by atoms with E-state index in [4.69, 9.17) is 15.6 Å². The van der Waals surface area contributed by atoms with Gasteiger partial charge in [0.2, 0.25) is 0 Å². The monoisotopic (exact) mass is 225 g/mol. The molecule has 3 N–H and O–H groups in total. The van der Waals surface area contributed by atoms with Crippen LogP contribution in [0, 0.1) is 16.7 Å². The summed E-state index contributed by atoms with van der Waals surface area (Å²) in [6.45, 7) is 4.69. The summed E-state index contributed by atoms with van der Waals surface area (Å²) in [5.74, 6) is 0.955. The summed E-state index contributed by atoms with van der Waals surface area (Å²) in [6, 6.07) is 0. The van der Waals surface area contributed by atoms with E-state index >= 15 is 0 Å². The second-order valence-corrected chi connectivity index (χ2v) is 7.10. The van der Waals surface area contributed by atoms with Crippen molar-refractivity contribution in [2.75, 3.05) is 0 Å². The minimum absolute atomic E-state index is 0.225. The van der Waals surface area contributed by atoms with Crippen LogP contribution in [0.3, 0.4) is 0 Å². The molecule has 0 aromatic carbocycles. The van der Waals surface area contributed by atoms with Crippen molar-refractivity contribution in [3.05, 3.63) is 0 Å². The Balaban J connectivity index is 0.000000292. The van der Waals surface area contributed by atoms with Crippen molar-refractivity contribution in [3.8, 4) is 0 Å². The maximum absolute atomic E-state index is 8.36. The first-order chi connectivity index (χ1) is 7.32. The molecule has 16 heavy (non-hydrogen) atoms. The van der Waals surface area contributed by atoms with Gasteiger partial charge in [0.1, 0.15) is 0 Å². The van der Waals surface area contributed by atoms with Gasteiger partial charge in [-0.3, -0.25) is 4.79 Å². The molecule has 4 fully saturated rings. The third-order valence-corrected chi connectivity index (χ3v) is 4.67. The Bertz CT molecular complexity index is 252. The molecule has 3 heteroatoms.